The molecule has 170 valence electrons. The number of hydrogen-bond donors (Lipinski definition) is 2. The number of imide groups is 1. The molecule has 0 aromatic heterocycles. The van der Waals surface area contributed by atoms with E-state index in [1.54, 1.807) is 17.0 Å². The second kappa shape index (κ2) is 9.72. The van der Waals surface area contributed by atoms with Crippen LogP contribution in [0.2, 0.25) is 0 Å². The van der Waals surface area contributed by atoms with Crippen LogP contribution in [0.4, 0.5) is 10.1 Å². The number of sulfonamides is 1. The van der Waals surface area contributed by atoms with E-state index >= 15 is 0 Å². The third-order valence-corrected chi connectivity index (χ3v) is 6.37. The molecule has 0 unspecified atom stereocenters. The molecule has 11 heteroatoms. The Morgan fingerprint density at radius 1 is 1.19 bits per heavy atom. The van der Waals surface area contributed by atoms with Crippen molar-refractivity contribution in [1.82, 2.24) is 10.2 Å². The lowest BCUT2D eigenvalue weighted by atomic mass is 10.1. The van der Waals surface area contributed by atoms with Gasteiger partial charge < -0.3 is 10.2 Å². The second-order valence-corrected chi connectivity index (χ2v) is 9.18. The van der Waals surface area contributed by atoms with Crippen molar-refractivity contribution in [2.45, 2.75) is 30.7 Å². The summed E-state index contributed by atoms with van der Waals surface area (Å²) in [4.78, 5) is 28.5. The van der Waals surface area contributed by atoms with Gasteiger partial charge in [-0.15, -0.1) is 0 Å². The Balaban J connectivity index is 1.79. The van der Waals surface area contributed by atoms with E-state index in [1.807, 2.05) is 6.92 Å². The highest BCUT2D eigenvalue weighted by Gasteiger charge is 2.43. The number of primary sulfonamides is 1. The molecule has 0 bridgehead atoms. The van der Waals surface area contributed by atoms with E-state index in [0.717, 1.165) is 10.5 Å². The fraction of sp³-hybridized carbons (Fsp3) is 0.286. The quantitative estimate of drug-likeness (QED) is 0.459. The van der Waals surface area contributed by atoms with Crippen LogP contribution in [-0.2, 0) is 26.0 Å². The minimum absolute atomic E-state index is 0.00721. The number of amides is 2. The van der Waals surface area contributed by atoms with Crippen LogP contribution in [0.25, 0.3) is 0 Å². The minimum Gasteiger partial charge on any atom is -0.363 e. The topological polar surface area (TPSA) is 113 Å². The maximum Gasteiger partial charge on any atom is 0.257 e. The van der Waals surface area contributed by atoms with Gasteiger partial charge in [0.2, 0.25) is 15.9 Å². The maximum absolute atomic E-state index is 13.3. The summed E-state index contributed by atoms with van der Waals surface area (Å²) < 4.78 is 36.1. The average molecular weight is 479 g/mol. The molecule has 2 amide bonds. The van der Waals surface area contributed by atoms with Crippen molar-refractivity contribution < 1.29 is 22.4 Å². The molecular formula is C21H23FN4O4S2. The average Bonchev–Trinajstić information content (AvgIpc) is 3.03. The molecule has 0 aliphatic carbocycles. The van der Waals surface area contributed by atoms with E-state index in [1.165, 1.54) is 36.4 Å². The fourth-order valence-corrected chi connectivity index (χ4v) is 4.35. The number of anilines is 1. The number of rotatable bonds is 7. The fourth-order valence-electron chi connectivity index (χ4n) is 3.47. The summed E-state index contributed by atoms with van der Waals surface area (Å²) in [6, 6.07) is 10.5. The first-order valence-corrected chi connectivity index (χ1v) is 11.9. The first kappa shape index (κ1) is 23.8. The van der Waals surface area contributed by atoms with E-state index in [2.05, 4.69) is 5.32 Å². The highest BCUT2D eigenvalue weighted by atomic mass is 32.2. The lowest BCUT2D eigenvalue weighted by Gasteiger charge is -2.30. The summed E-state index contributed by atoms with van der Waals surface area (Å²) in [7, 11) is -3.79. The van der Waals surface area contributed by atoms with Crippen molar-refractivity contribution in [3.05, 3.63) is 59.9 Å². The molecule has 32 heavy (non-hydrogen) atoms. The largest absolute Gasteiger partial charge is 0.363 e. The van der Waals surface area contributed by atoms with Crippen molar-refractivity contribution in [2.24, 2.45) is 5.14 Å². The number of carbonyl (C=O) groups excluding carboxylic acids is 2. The Labute approximate surface area is 191 Å². The van der Waals surface area contributed by atoms with Gasteiger partial charge >= 0.3 is 0 Å². The van der Waals surface area contributed by atoms with Gasteiger partial charge in [0, 0.05) is 13.1 Å². The predicted octanol–water partition coefficient (Wildman–Crippen LogP) is 1.54. The number of hydrogen-bond acceptors (Lipinski definition) is 5. The molecule has 1 atom stereocenters. The van der Waals surface area contributed by atoms with Crippen molar-refractivity contribution >= 4 is 44.9 Å². The molecule has 1 heterocycles. The molecule has 1 fully saturated rings. The molecule has 3 N–H and O–H groups in total. The molecule has 1 aliphatic rings. The zero-order valence-corrected chi connectivity index (χ0v) is 19.0. The summed E-state index contributed by atoms with van der Waals surface area (Å²) in [5, 5.41) is 8.48. The maximum atomic E-state index is 13.3. The van der Waals surface area contributed by atoms with Crippen LogP contribution in [0, 0.1) is 5.82 Å². The van der Waals surface area contributed by atoms with Crippen LogP contribution in [0.5, 0.6) is 0 Å². The van der Waals surface area contributed by atoms with Crippen molar-refractivity contribution in [1.29, 1.82) is 0 Å². The Morgan fingerprint density at radius 3 is 2.38 bits per heavy atom. The van der Waals surface area contributed by atoms with Gasteiger partial charge in [0.15, 0.2) is 5.11 Å². The molecular weight excluding hydrogens is 455 g/mol. The Morgan fingerprint density at radius 2 is 1.81 bits per heavy atom. The standard InChI is InChI=1S/C21H23FN4O4S2/c1-2-24-21(31)25(12-11-14-3-9-17(10-4-14)32(23,29)30)18-13-19(27)26(20(18)28)16-7-5-15(22)6-8-16/h3-10,18H,2,11-13H2,1H3,(H,24,31)(H2,23,29,30)/t18-/m1/s1. The van der Waals surface area contributed by atoms with Crippen molar-refractivity contribution in [2.75, 3.05) is 18.0 Å². The molecule has 1 saturated heterocycles. The van der Waals surface area contributed by atoms with Crippen LogP contribution in [0.1, 0.15) is 18.9 Å². The number of nitrogens with zero attached hydrogens (tertiary/aromatic N) is 2. The van der Waals surface area contributed by atoms with E-state index in [4.69, 9.17) is 17.4 Å². The van der Waals surface area contributed by atoms with Gasteiger partial charge in [0.1, 0.15) is 11.9 Å². The predicted molar refractivity (Wildman–Crippen MR) is 122 cm³/mol. The molecule has 2 aromatic carbocycles. The van der Waals surface area contributed by atoms with Gasteiger partial charge in [-0.2, -0.15) is 0 Å². The SMILES string of the molecule is CCNC(=S)N(CCc1ccc(S(N)(=O)=O)cc1)[C@@H]1CC(=O)N(c2ccc(F)cc2)C1=O. The lowest BCUT2D eigenvalue weighted by Crippen LogP contribution is -2.50. The third-order valence-electron chi connectivity index (χ3n) is 5.07. The first-order valence-electron chi connectivity index (χ1n) is 9.90. The van der Waals surface area contributed by atoms with Crippen molar-refractivity contribution in [3.8, 4) is 0 Å². The summed E-state index contributed by atoms with van der Waals surface area (Å²) in [5.74, 6) is -1.30. The number of nitrogens with two attached hydrogens (primary N) is 1. The number of halogens is 1. The van der Waals surface area contributed by atoms with Crippen LogP contribution >= 0.6 is 12.2 Å². The molecule has 0 saturated carbocycles. The van der Waals surface area contributed by atoms with Gasteiger partial charge in [-0.3, -0.25) is 9.59 Å². The van der Waals surface area contributed by atoms with E-state index in [9.17, 15) is 22.4 Å². The van der Waals surface area contributed by atoms with E-state index < -0.39 is 33.7 Å². The van der Waals surface area contributed by atoms with Gasteiger partial charge in [-0.05, 0) is 67.5 Å². The summed E-state index contributed by atoms with van der Waals surface area (Å²) in [6.45, 7) is 2.72. The molecule has 0 spiro atoms. The Bertz CT molecular complexity index is 1120. The highest BCUT2D eigenvalue weighted by Crippen LogP contribution is 2.26. The Kier molecular flexibility index (Phi) is 7.22. The van der Waals surface area contributed by atoms with Crippen LogP contribution in [-0.4, -0.2) is 49.4 Å². The van der Waals surface area contributed by atoms with Gasteiger partial charge in [0.05, 0.1) is 17.0 Å². The van der Waals surface area contributed by atoms with Crippen LogP contribution < -0.4 is 15.4 Å². The first-order chi connectivity index (χ1) is 15.1. The zero-order valence-electron chi connectivity index (χ0n) is 17.3. The Hall–Kier alpha value is -2.89. The third kappa shape index (κ3) is 5.29. The number of benzene rings is 2. The highest BCUT2D eigenvalue weighted by molar-refractivity contribution is 7.89. The molecule has 8 nitrogen and oxygen atoms in total. The summed E-state index contributed by atoms with van der Waals surface area (Å²) >= 11 is 5.45. The van der Waals surface area contributed by atoms with Gasteiger partial charge in [-0.1, -0.05) is 12.1 Å². The lowest BCUT2D eigenvalue weighted by molar-refractivity contribution is -0.122. The number of nitrogens with one attached hydrogen (secondary N) is 1. The van der Waals surface area contributed by atoms with E-state index in [-0.39, 0.29) is 11.3 Å². The molecule has 1 aliphatic heterocycles. The van der Waals surface area contributed by atoms with Gasteiger partial charge in [-0.25, -0.2) is 22.8 Å². The molecule has 0 radical (unpaired) electrons. The summed E-state index contributed by atoms with van der Waals surface area (Å²) in [6.07, 6.45) is 0.386. The van der Waals surface area contributed by atoms with Gasteiger partial charge in [0.25, 0.3) is 5.91 Å². The van der Waals surface area contributed by atoms with Crippen molar-refractivity contribution in [3.63, 3.8) is 0 Å². The number of carbonyl (C=O) groups is 2. The molecule has 2 aromatic rings. The minimum atomic E-state index is -3.79. The zero-order chi connectivity index (χ0) is 23.5. The van der Waals surface area contributed by atoms with Crippen LogP contribution in [0.3, 0.4) is 0 Å². The monoisotopic (exact) mass is 478 g/mol. The number of thiocarbonyl (C=S) groups is 1. The summed E-state index contributed by atoms with van der Waals surface area (Å²) in [5.41, 5.74) is 1.12. The van der Waals surface area contributed by atoms with E-state index in [0.29, 0.717) is 30.3 Å². The smallest absolute Gasteiger partial charge is 0.257 e. The normalized spacial score (nSPS) is 16.3. The second-order valence-electron chi connectivity index (χ2n) is 7.23. The molecule has 3 rings (SSSR count). The van der Waals surface area contributed by atoms with Crippen LogP contribution in [0.15, 0.2) is 53.4 Å².